The molecule has 3 aliphatic rings. The van der Waals surface area contributed by atoms with E-state index < -0.39 is 17.8 Å². The second-order valence-electron chi connectivity index (χ2n) is 7.99. The Labute approximate surface area is 153 Å². The first-order valence-electron chi connectivity index (χ1n) is 9.70. The second-order valence-corrected chi connectivity index (χ2v) is 7.99. The summed E-state index contributed by atoms with van der Waals surface area (Å²) in [5, 5.41) is 9.55. The van der Waals surface area contributed by atoms with E-state index in [2.05, 4.69) is 0 Å². The van der Waals surface area contributed by atoms with Crippen molar-refractivity contribution < 1.29 is 24.2 Å². The van der Waals surface area contributed by atoms with E-state index in [1.54, 1.807) is 13.2 Å². The van der Waals surface area contributed by atoms with Crippen LogP contribution in [0, 0.1) is 11.8 Å². The number of rotatable bonds is 4. The number of fused-ring (bicyclic) bond motifs is 1. The predicted molar refractivity (Wildman–Crippen MR) is 95.9 cm³/mol. The van der Waals surface area contributed by atoms with Gasteiger partial charge in [-0.15, -0.1) is 0 Å². The van der Waals surface area contributed by atoms with Gasteiger partial charge in [0.05, 0.1) is 13.0 Å². The first kappa shape index (κ1) is 17.4. The number of carboxylic acid groups (broad SMARTS) is 1. The number of Topliss-reactive ketones (excluding diaryl/α,β-unsaturated/α-hetero) is 1. The lowest BCUT2D eigenvalue weighted by Crippen LogP contribution is -2.33. The van der Waals surface area contributed by atoms with Crippen LogP contribution in [0.3, 0.4) is 0 Å². The standard InChI is InChI=1S/C21H26O5/c1-25-17-9-8-14(16-12-21(26-19(16)17)10-4-5-11-21)18(22)13-6-2-3-7-15(13)20(23)24/h8-9,13,15H,2-7,10-12H2,1H3,(H,23,24)/t13-,15+/m1/s1. The van der Waals surface area contributed by atoms with Crippen molar-refractivity contribution in [2.75, 3.05) is 7.11 Å². The number of carbonyl (C=O) groups is 2. The molecule has 2 atom stereocenters. The summed E-state index contributed by atoms with van der Waals surface area (Å²) in [5.74, 6) is -0.524. The molecule has 4 rings (SSSR count). The second kappa shape index (κ2) is 6.60. The van der Waals surface area contributed by atoms with E-state index in [0.717, 1.165) is 50.5 Å². The predicted octanol–water partition coefficient (Wildman–Crippen LogP) is 4.02. The van der Waals surface area contributed by atoms with Crippen molar-refractivity contribution in [3.05, 3.63) is 23.3 Å². The van der Waals surface area contributed by atoms with Crippen LogP contribution in [0.5, 0.6) is 11.5 Å². The Morgan fingerprint density at radius 1 is 1.12 bits per heavy atom. The third-order valence-corrected chi connectivity index (χ3v) is 6.46. The van der Waals surface area contributed by atoms with E-state index in [1.807, 2.05) is 6.07 Å². The molecule has 26 heavy (non-hydrogen) atoms. The molecule has 5 nitrogen and oxygen atoms in total. The van der Waals surface area contributed by atoms with E-state index in [0.29, 0.717) is 29.9 Å². The number of aliphatic carboxylic acids is 1. The molecule has 140 valence electrons. The van der Waals surface area contributed by atoms with Crippen molar-refractivity contribution in [3.8, 4) is 11.5 Å². The summed E-state index contributed by atoms with van der Waals surface area (Å²) in [6.07, 6.45) is 8.05. The molecule has 2 aliphatic carbocycles. The fourth-order valence-corrected chi connectivity index (χ4v) is 5.10. The minimum absolute atomic E-state index is 0.0327. The molecule has 1 spiro atoms. The van der Waals surface area contributed by atoms with Crippen molar-refractivity contribution in [3.63, 3.8) is 0 Å². The zero-order valence-electron chi connectivity index (χ0n) is 15.3. The molecular formula is C21H26O5. The van der Waals surface area contributed by atoms with E-state index in [-0.39, 0.29) is 11.4 Å². The number of benzene rings is 1. The number of methoxy groups -OCH3 is 1. The Balaban J connectivity index is 1.71. The Hall–Kier alpha value is -2.04. The molecule has 0 amide bonds. The molecule has 0 aromatic heterocycles. The highest BCUT2D eigenvalue weighted by Gasteiger charge is 2.46. The van der Waals surface area contributed by atoms with Gasteiger partial charge < -0.3 is 14.6 Å². The van der Waals surface area contributed by atoms with Crippen LogP contribution in [0.1, 0.15) is 67.3 Å². The van der Waals surface area contributed by atoms with Gasteiger partial charge >= 0.3 is 5.97 Å². The lowest BCUT2D eigenvalue weighted by Gasteiger charge is -2.28. The molecule has 0 bridgehead atoms. The van der Waals surface area contributed by atoms with Crippen molar-refractivity contribution in [2.45, 2.75) is 63.4 Å². The zero-order valence-corrected chi connectivity index (χ0v) is 15.3. The van der Waals surface area contributed by atoms with Gasteiger partial charge in [-0.1, -0.05) is 12.8 Å². The summed E-state index contributed by atoms with van der Waals surface area (Å²) in [5.41, 5.74) is 1.36. The SMILES string of the molecule is COc1ccc(C(=O)[C@@H]2CCCC[C@@H]2C(=O)O)c2c1OC1(CCCC1)C2. The molecule has 5 heteroatoms. The third kappa shape index (κ3) is 2.78. The molecule has 1 aliphatic heterocycles. The largest absolute Gasteiger partial charge is 0.493 e. The number of ketones is 1. The minimum atomic E-state index is -0.850. The fraction of sp³-hybridized carbons (Fsp3) is 0.619. The lowest BCUT2D eigenvalue weighted by molar-refractivity contribution is -0.144. The Kier molecular flexibility index (Phi) is 4.41. The van der Waals surface area contributed by atoms with Gasteiger partial charge in [-0.3, -0.25) is 9.59 Å². The fourth-order valence-electron chi connectivity index (χ4n) is 5.10. The van der Waals surface area contributed by atoms with Gasteiger partial charge in [0.1, 0.15) is 5.60 Å². The summed E-state index contributed by atoms with van der Waals surface area (Å²) < 4.78 is 11.8. The van der Waals surface area contributed by atoms with Crippen LogP contribution >= 0.6 is 0 Å². The molecule has 2 saturated carbocycles. The number of hydrogen-bond donors (Lipinski definition) is 1. The van der Waals surface area contributed by atoms with Crippen LogP contribution in [-0.4, -0.2) is 29.6 Å². The zero-order chi connectivity index (χ0) is 18.3. The number of hydrogen-bond acceptors (Lipinski definition) is 4. The van der Waals surface area contributed by atoms with Crippen molar-refractivity contribution in [1.82, 2.24) is 0 Å². The average molecular weight is 358 g/mol. The monoisotopic (exact) mass is 358 g/mol. The van der Waals surface area contributed by atoms with Crippen LogP contribution in [0.2, 0.25) is 0 Å². The van der Waals surface area contributed by atoms with Crippen LogP contribution in [0.15, 0.2) is 12.1 Å². The number of carboxylic acids is 1. The third-order valence-electron chi connectivity index (χ3n) is 6.46. The summed E-state index contributed by atoms with van der Waals surface area (Å²) in [7, 11) is 1.61. The number of carbonyl (C=O) groups excluding carboxylic acids is 1. The van der Waals surface area contributed by atoms with E-state index >= 15 is 0 Å². The summed E-state index contributed by atoms with van der Waals surface area (Å²) in [4.78, 5) is 25.0. The van der Waals surface area contributed by atoms with Crippen LogP contribution < -0.4 is 9.47 Å². The molecule has 1 aromatic rings. The van der Waals surface area contributed by atoms with Crippen LogP contribution in [0.25, 0.3) is 0 Å². The molecule has 1 heterocycles. The molecule has 1 N–H and O–H groups in total. The average Bonchev–Trinajstić information content (AvgIpc) is 3.26. The quantitative estimate of drug-likeness (QED) is 0.823. The van der Waals surface area contributed by atoms with Gasteiger partial charge in [-0.2, -0.15) is 0 Å². The summed E-state index contributed by atoms with van der Waals surface area (Å²) >= 11 is 0. The Morgan fingerprint density at radius 2 is 1.81 bits per heavy atom. The molecule has 1 aromatic carbocycles. The van der Waals surface area contributed by atoms with E-state index in [9.17, 15) is 14.7 Å². The Morgan fingerprint density at radius 3 is 2.46 bits per heavy atom. The number of ether oxygens (including phenoxy) is 2. The molecule has 0 saturated heterocycles. The van der Waals surface area contributed by atoms with Gasteiger partial charge in [-0.25, -0.2) is 0 Å². The highest BCUT2D eigenvalue weighted by Crippen LogP contribution is 2.50. The van der Waals surface area contributed by atoms with Gasteiger partial charge in [0.15, 0.2) is 17.3 Å². The first-order chi connectivity index (χ1) is 12.5. The molecule has 0 radical (unpaired) electrons. The maximum Gasteiger partial charge on any atom is 0.307 e. The molecule has 0 unspecified atom stereocenters. The van der Waals surface area contributed by atoms with Gasteiger partial charge in [-0.05, 0) is 50.7 Å². The van der Waals surface area contributed by atoms with E-state index in [1.165, 1.54) is 0 Å². The smallest absolute Gasteiger partial charge is 0.307 e. The summed E-state index contributed by atoms with van der Waals surface area (Å²) in [6, 6.07) is 3.60. The van der Waals surface area contributed by atoms with Gasteiger partial charge in [0.2, 0.25) is 0 Å². The maximum absolute atomic E-state index is 13.3. The normalized spacial score (nSPS) is 26.3. The van der Waals surface area contributed by atoms with Crippen molar-refractivity contribution in [1.29, 1.82) is 0 Å². The maximum atomic E-state index is 13.3. The van der Waals surface area contributed by atoms with Gasteiger partial charge in [0.25, 0.3) is 0 Å². The minimum Gasteiger partial charge on any atom is -0.493 e. The van der Waals surface area contributed by atoms with Gasteiger partial charge in [0, 0.05) is 23.5 Å². The highest BCUT2D eigenvalue weighted by atomic mass is 16.5. The topological polar surface area (TPSA) is 72.8 Å². The summed E-state index contributed by atoms with van der Waals surface area (Å²) in [6.45, 7) is 0. The first-order valence-corrected chi connectivity index (χ1v) is 9.70. The molecular weight excluding hydrogens is 332 g/mol. The highest BCUT2D eigenvalue weighted by molar-refractivity contribution is 6.02. The van der Waals surface area contributed by atoms with Crippen molar-refractivity contribution in [2.24, 2.45) is 11.8 Å². The van der Waals surface area contributed by atoms with Crippen molar-refractivity contribution >= 4 is 11.8 Å². The van der Waals surface area contributed by atoms with Crippen LogP contribution in [0.4, 0.5) is 0 Å². The lowest BCUT2D eigenvalue weighted by atomic mass is 9.74. The van der Waals surface area contributed by atoms with E-state index in [4.69, 9.17) is 9.47 Å². The molecule has 2 fully saturated rings. The Bertz CT molecular complexity index is 732. The van der Waals surface area contributed by atoms with Crippen LogP contribution in [-0.2, 0) is 11.2 Å².